The number of carbonyl (C=O) groups is 1. The Morgan fingerprint density at radius 2 is 2.08 bits per heavy atom. The molecule has 1 unspecified atom stereocenters. The van der Waals surface area contributed by atoms with Crippen molar-refractivity contribution in [1.29, 1.82) is 0 Å². The summed E-state index contributed by atoms with van der Waals surface area (Å²) in [7, 11) is 0. The molecule has 0 aromatic rings. The van der Waals surface area contributed by atoms with E-state index in [1.807, 2.05) is 13.8 Å². The van der Waals surface area contributed by atoms with Gasteiger partial charge in [-0.05, 0) is 44.4 Å². The van der Waals surface area contributed by atoms with E-state index in [1.54, 1.807) is 0 Å². The van der Waals surface area contributed by atoms with Crippen molar-refractivity contribution < 1.29 is 27.2 Å². The molecule has 138 valence electrons. The fourth-order valence-electron chi connectivity index (χ4n) is 5.21. The van der Waals surface area contributed by atoms with E-state index in [2.05, 4.69) is 6.92 Å². The lowest BCUT2D eigenvalue weighted by Crippen LogP contribution is -2.67. The second-order valence-electron chi connectivity index (χ2n) is 8.18. The molecule has 7 heteroatoms. The van der Waals surface area contributed by atoms with Gasteiger partial charge in [0, 0.05) is 18.3 Å². The van der Waals surface area contributed by atoms with Gasteiger partial charge in [-0.15, -0.1) is 0 Å². The van der Waals surface area contributed by atoms with Crippen LogP contribution in [0.5, 0.6) is 0 Å². The van der Waals surface area contributed by atoms with Crippen molar-refractivity contribution in [3.05, 3.63) is 0 Å². The molecule has 1 N–H and O–H groups in total. The molecule has 3 rings (SSSR count). The Hall–Kier alpha value is -0.500. The Kier molecular flexibility index (Phi) is 4.83. The van der Waals surface area contributed by atoms with Crippen LogP contribution in [-0.2, 0) is 29.3 Å². The molecule has 3 fully saturated rings. The van der Waals surface area contributed by atoms with E-state index in [9.17, 15) is 14.1 Å². The van der Waals surface area contributed by atoms with Gasteiger partial charge in [-0.3, -0.25) is 13.2 Å². The topological polar surface area (TPSA) is 82.1 Å². The number of ether oxygens (including phenoxy) is 1. The van der Waals surface area contributed by atoms with Gasteiger partial charge in [-0.1, -0.05) is 13.8 Å². The van der Waals surface area contributed by atoms with Crippen molar-refractivity contribution in [1.82, 2.24) is 0 Å². The zero-order valence-electron chi connectivity index (χ0n) is 14.8. The van der Waals surface area contributed by atoms with Gasteiger partial charge >= 0.3 is 17.3 Å². The molecule has 0 bridgehead atoms. The van der Waals surface area contributed by atoms with E-state index < -0.39 is 23.1 Å². The number of hydrogen-bond acceptors (Lipinski definition) is 6. The number of hydrogen-bond donors (Lipinski definition) is 1. The third kappa shape index (κ3) is 2.93. The molecule has 0 radical (unpaired) electrons. The Balaban J connectivity index is 1.89. The molecule has 0 spiro atoms. The van der Waals surface area contributed by atoms with Crippen LogP contribution >= 0.6 is 0 Å². The van der Waals surface area contributed by atoms with Crippen molar-refractivity contribution in [2.45, 2.75) is 71.2 Å². The highest BCUT2D eigenvalue weighted by Gasteiger charge is 2.64. The summed E-state index contributed by atoms with van der Waals surface area (Å²) >= 11 is -1.78. The minimum absolute atomic E-state index is 0.0232. The fraction of sp³-hybridized carbons (Fsp3) is 0.941. The first-order valence-corrected chi connectivity index (χ1v) is 9.77. The van der Waals surface area contributed by atoms with Gasteiger partial charge < -0.3 is 9.84 Å². The van der Waals surface area contributed by atoms with Crippen molar-refractivity contribution in [2.75, 3.05) is 6.61 Å². The lowest BCUT2D eigenvalue weighted by atomic mass is 9.50. The zero-order chi connectivity index (χ0) is 17.7. The molecule has 3 aliphatic rings. The molecule has 0 amide bonds. The van der Waals surface area contributed by atoms with Crippen molar-refractivity contribution in [3.63, 3.8) is 0 Å². The Morgan fingerprint density at radius 3 is 2.75 bits per heavy atom. The van der Waals surface area contributed by atoms with E-state index in [1.165, 1.54) is 6.92 Å². The molecule has 1 aliphatic heterocycles. The summed E-state index contributed by atoms with van der Waals surface area (Å²) < 4.78 is 28.8. The van der Waals surface area contributed by atoms with Crippen LogP contribution in [0, 0.1) is 23.2 Å². The van der Waals surface area contributed by atoms with Gasteiger partial charge in [0.15, 0.2) is 0 Å². The minimum Gasteiger partial charge on any atom is -0.466 e. The second-order valence-corrected chi connectivity index (χ2v) is 8.95. The summed E-state index contributed by atoms with van der Waals surface area (Å²) in [6, 6.07) is 0. The van der Waals surface area contributed by atoms with Gasteiger partial charge in [0.1, 0.15) is 0 Å². The van der Waals surface area contributed by atoms with E-state index in [-0.39, 0.29) is 35.2 Å². The summed E-state index contributed by atoms with van der Waals surface area (Å²) in [5, 5.41) is 10.6. The average molecular weight is 360 g/mol. The number of aliphatic hydroxyl groups excluding tert-OH is 1. The van der Waals surface area contributed by atoms with Crippen molar-refractivity contribution in [2.24, 2.45) is 23.2 Å². The fourth-order valence-corrected chi connectivity index (χ4v) is 6.19. The smallest absolute Gasteiger partial charge is 0.305 e. The first kappa shape index (κ1) is 18.3. The number of aliphatic hydroxyl groups is 1. The summed E-state index contributed by atoms with van der Waals surface area (Å²) in [5.74, 6) is -0.0938. The van der Waals surface area contributed by atoms with Crippen molar-refractivity contribution >= 4 is 17.3 Å². The molecular weight excluding hydrogens is 332 g/mol. The molecule has 2 aliphatic carbocycles. The standard InChI is InChI=1S/C17H28O6S/c1-10(9-21-11(2)18)12-5-7-16(3)13(19)6-8-17(4)15(16)14(12)22-24(20)23-17/h10,12-15,19H,5-9H2,1-4H3/t10-,12+,13-,14+,15?,16+,17-,24-/m1/s1. The van der Waals surface area contributed by atoms with E-state index in [0.717, 1.165) is 12.8 Å². The van der Waals surface area contributed by atoms with Gasteiger partial charge in [0.2, 0.25) is 0 Å². The minimum atomic E-state index is -1.78. The average Bonchev–Trinajstić information content (AvgIpc) is 2.48. The van der Waals surface area contributed by atoms with Crippen LogP contribution in [-0.4, -0.2) is 39.7 Å². The molecule has 6 nitrogen and oxygen atoms in total. The Bertz CT molecular complexity index is 539. The monoisotopic (exact) mass is 360 g/mol. The predicted octanol–water partition coefficient (Wildman–Crippen LogP) is 2.13. The van der Waals surface area contributed by atoms with Gasteiger partial charge in [-0.25, -0.2) is 0 Å². The maximum Gasteiger partial charge on any atom is 0.305 e. The van der Waals surface area contributed by atoms with Crippen molar-refractivity contribution in [3.8, 4) is 0 Å². The normalized spacial score (nSPS) is 49.1. The highest BCUT2D eigenvalue weighted by Crippen LogP contribution is 2.60. The molecular formula is C17H28O6S. The highest BCUT2D eigenvalue weighted by atomic mass is 32.2. The van der Waals surface area contributed by atoms with Crippen LogP contribution in [0.25, 0.3) is 0 Å². The molecule has 1 heterocycles. The maximum atomic E-state index is 12.2. The first-order valence-electron chi connectivity index (χ1n) is 8.77. The summed E-state index contributed by atoms with van der Waals surface area (Å²) in [4.78, 5) is 11.1. The van der Waals surface area contributed by atoms with Crippen LogP contribution in [0.15, 0.2) is 0 Å². The molecule has 0 aromatic heterocycles. The Morgan fingerprint density at radius 1 is 1.38 bits per heavy atom. The van der Waals surface area contributed by atoms with Crippen LogP contribution in [0.4, 0.5) is 0 Å². The molecule has 2 saturated carbocycles. The number of esters is 1. The number of carbonyl (C=O) groups excluding carboxylic acids is 1. The summed E-state index contributed by atoms with van der Waals surface area (Å²) in [5.41, 5.74) is -0.860. The van der Waals surface area contributed by atoms with Crippen LogP contribution in [0.1, 0.15) is 53.4 Å². The molecule has 8 atom stereocenters. The van der Waals surface area contributed by atoms with Gasteiger partial charge in [0.25, 0.3) is 0 Å². The predicted molar refractivity (Wildman–Crippen MR) is 87.9 cm³/mol. The van der Waals surface area contributed by atoms with Gasteiger partial charge in [-0.2, -0.15) is 4.21 Å². The van der Waals surface area contributed by atoms with E-state index >= 15 is 0 Å². The molecule has 24 heavy (non-hydrogen) atoms. The van der Waals surface area contributed by atoms with E-state index in [4.69, 9.17) is 13.1 Å². The lowest BCUT2D eigenvalue weighted by Gasteiger charge is -2.62. The highest BCUT2D eigenvalue weighted by molar-refractivity contribution is 7.75. The Labute approximate surface area is 146 Å². The quantitative estimate of drug-likeness (QED) is 0.777. The lowest BCUT2D eigenvalue weighted by molar-refractivity contribution is -0.225. The first-order chi connectivity index (χ1) is 11.2. The zero-order valence-corrected chi connectivity index (χ0v) is 15.6. The molecule has 0 aromatic carbocycles. The third-order valence-corrected chi connectivity index (χ3v) is 7.44. The largest absolute Gasteiger partial charge is 0.466 e. The molecule has 1 saturated heterocycles. The van der Waals surface area contributed by atoms with Crippen LogP contribution in [0.2, 0.25) is 0 Å². The van der Waals surface area contributed by atoms with Gasteiger partial charge in [0.05, 0.1) is 24.4 Å². The third-order valence-electron chi connectivity index (χ3n) is 6.54. The van der Waals surface area contributed by atoms with E-state index in [0.29, 0.717) is 19.4 Å². The van der Waals surface area contributed by atoms with Crippen LogP contribution < -0.4 is 0 Å². The number of rotatable bonds is 3. The summed E-state index contributed by atoms with van der Waals surface area (Å²) in [6.07, 6.45) is 2.38. The van der Waals surface area contributed by atoms with Crippen LogP contribution in [0.3, 0.4) is 0 Å². The maximum absolute atomic E-state index is 12.2. The second kappa shape index (κ2) is 6.34. The SMILES string of the molecule is CC(=O)OC[C@@H](C)[C@@H]1CC[C@]2(C)C3[C@H]1O[S@@](=O)O[C@]3(C)CC[C@H]2O. The summed E-state index contributed by atoms with van der Waals surface area (Å²) in [6.45, 7) is 7.86.